The molecule has 2 heteroatoms. The van der Waals surface area contributed by atoms with Crippen molar-refractivity contribution in [3.63, 3.8) is 0 Å². The first-order chi connectivity index (χ1) is 9.26. The van der Waals surface area contributed by atoms with Gasteiger partial charge in [-0.15, -0.1) is 0 Å². The van der Waals surface area contributed by atoms with Crippen LogP contribution in [-0.2, 0) is 6.42 Å². The van der Waals surface area contributed by atoms with E-state index in [-0.39, 0.29) is 6.04 Å². The summed E-state index contributed by atoms with van der Waals surface area (Å²) in [6.07, 6.45) is 3.03. The molecule has 1 N–H and O–H groups in total. The normalized spacial score (nSPS) is 12.4. The van der Waals surface area contributed by atoms with Gasteiger partial charge in [0, 0.05) is 11.9 Å². The number of hydrogen-bond acceptors (Lipinski definition) is 2. The largest absolute Gasteiger partial charge is 0.306 e. The molecular weight excluding hydrogens is 232 g/mol. The Bertz CT molecular complexity index is 517. The number of benzene rings is 1. The van der Waals surface area contributed by atoms with Crippen LogP contribution in [-0.4, -0.2) is 11.5 Å². The minimum atomic E-state index is 0.231. The van der Waals surface area contributed by atoms with Gasteiger partial charge in [-0.3, -0.25) is 4.98 Å². The lowest BCUT2D eigenvalue weighted by atomic mass is 9.94. The maximum Gasteiger partial charge on any atom is 0.0594 e. The summed E-state index contributed by atoms with van der Waals surface area (Å²) in [7, 11) is 0. The maximum absolute atomic E-state index is 4.42. The van der Waals surface area contributed by atoms with Gasteiger partial charge in [0.15, 0.2) is 0 Å². The molecule has 0 amide bonds. The molecule has 0 radical (unpaired) electrons. The molecule has 0 saturated carbocycles. The van der Waals surface area contributed by atoms with Crippen molar-refractivity contribution in [1.29, 1.82) is 0 Å². The predicted octanol–water partition coefficient (Wildman–Crippen LogP) is 3.65. The Hall–Kier alpha value is -1.67. The first-order valence-corrected chi connectivity index (χ1v) is 7.00. The first kappa shape index (κ1) is 13.8. The Balaban J connectivity index is 2.42. The third-order valence-electron chi connectivity index (χ3n) is 3.42. The van der Waals surface area contributed by atoms with E-state index in [1.807, 2.05) is 13.1 Å². The van der Waals surface area contributed by atoms with Gasteiger partial charge in [-0.1, -0.05) is 44.2 Å². The highest BCUT2D eigenvalue weighted by Gasteiger charge is 2.15. The molecule has 1 unspecified atom stereocenters. The molecule has 1 atom stereocenters. The van der Waals surface area contributed by atoms with Crippen LogP contribution in [0, 0.1) is 6.92 Å². The van der Waals surface area contributed by atoms with Crippen LogP contribution in [0.5, 0.6) is 0 Å². The summed E-state index contributed by atoms with van der Waals surface area (Å²) in [6.45, 7) is 7.31. The summed E-state index contributed by atoms with van der Waals surface area (Å²) in [4.78, 5) is 4.42. The molecule has 100 valence electrons. The average molecular weight is 254 g/mol. The van der Waals surface area contributed by atoms with E-state index < -0.39 is 0 Å². The van der Waals surface area contributed by atoms with Gasteiger partial charge in [-0.2, -0.15) is 0 Å². The minimum Gasteiger partial charge on any atom is -0.306 e. The van der Waals surface area contributed by atoms with Crippen molar-refractivity contribution < 1.29 is 0 Å². The topological polar surface area (TPSA) is 24.9 Å². The van der Waals surface area contributed by atoms with E-state index in [1.165, 1.54) is 16.7 Å². The molecule has 0 aliphatic carbocycles. The standard InChI is InChI=1S/C17H22N2/c1-4-14-8-6-7-9-16(14)17(18-5-2)15-11-10-13(3)19-12-15/h6-12,17-18H,4-5H2,1-3H3. The molecule has 0 aliphatic heterocycles. The van der Waals surface area contributed by atoms with E-state index in [0.717, 1.165) is 18.7 Å². The minimum absolute atomic E-state index is 0.231. The Morgan fingerprint density at radius 1 is 1.11 bits per heavy atom. The highest BCUT2D eigenvalue weighted by molar-refractivity contribution is 5.36. The molecule has 1 aromatic heterocycles. The molecule has 2 aromatic rings. The summed E-state index contributed by atoms with van der Waals surface area (Å²) in [5.41, 5.74) is 5.04. The van der Waals surface area contributed by atoms with Crippen LogP contribution in [0.4, 0.5) is 0 Å². The van der Waals surface area contributed by atoms with Crippen molar-refractivity contribution in [2.75, 3.05) is 6.54 Å². The molecule has 0 saturated heterocycles. The first-order valence-electron chi connectivity index (χ1n) is 7.00. The molecule has 2 rings (SSSR count). The molecular formula is C17H22N2. The summed E-state index contributed by atoms with van der Waals surface area (Å²) in [6, 6.07) is 13.1. The zero-order valence-corrected chi connectivity index (χ0v) is 12.0. The number of pyridine rings is 1. The summed E-state index contributed by atoms with van der Waals surface area (Å²) < 4.78 is 0. The highest BCUT2D eigenvalue weighted by atomic mass is 14.9. The second kappa shape index (κ2) is 6.48. The van der Waals surface area contributed by atoms with Crippen LogP contribution in [0.1, 0.15) is 42.3 Å². The average Bonchev–Trinajstić information content (AvgIpc) is 2.46. The van der Waals surface area contributed by atoms with Crippen LogP contribution in [0.3, 0.4) is 0 Å². The molecule has 0 spiro atoms. The van der Waals surface area contributed by atoms with Crippen molar-refractivity contribution in [2.45, 2.75) is 33.2 Å². The molecule has 1 aromatic carbocycles. The Morgan fingerprint density at radius 2 is 1.89 bits per heavy atom. The summed E-state index contributed by atoms with van der Waals surface area (Å²) >= 11 is 0. The summed E-state index contributed by atoms with van der Waals surface area (Å²) in [5, 5.41) is 3.57. The van der Waals surface area contributed by atoms with E-state index in [0.29, 0.717) is 0 Å². The van der Waals surface area contributed by atoms with Gasteiger partial charge in [0.2, 0.25) is 0 Å². The van der Waals surface area contributed by atoms with Crippen molar-refractivity contribution >= 4 is 0 Å². The monoisotopic (exact) mass is 254 g/mol. The van der Waals surface area contributed by atoms with E-state index in [4.69, 9.17) is 0 Å². The van der Waals surface area contributed by atoms with Gasteiger partial charge in [0.05, 0.1) is 6.04 Å². The smallest absolute Gasteiger partial charge is 0.0594 e. The van der Waals surface area contributed by atoms with Gasteiger partial charge in [-0.05, 0) is 42.6 Å². The number of nitrogens with zero attached hydrogens (tertiary/aromatic N) is 1. The van der Waals surface area contributed by atoms with Crippen molar-refractivity contribution in [1.82, 2.24) is 10.3 Å². The van der Waals surface area contributed by atoms with Crippen molar-refractivity contribution in [2.24, 2.45) is 0 Å². The van der Waals surface area contributed by atoms with Crippen LogP contribution < -0.4 is 5.32 Å². The molecule has 1 heterocycles. The maximum atomic E-state index is 4.42. The van der Waals surface area contributed by atoms with Gasteiger partial charge >= 0.3 is 0 Å². The fourth-order valence-corrected chi connectivity index (χ4v) is 2.40. The quantitative estimate of drug-likeness (QED) is 0.881. The van der Waals surface area contributed by atoms with Gasteiger partial charge < -0.3 is 5.32 Å². The summed E-state index contributed by atoms with van der Waals surface area (Å²) in [5.74, 6) is 0. The second-order valence-electron chi connectivity index (χ2n) is 4.78. The molecule has 0 fully saturated rings. The number of aryl methyl sites for hydroxylation is 2. The van der Waals surface area contributed by atoms with E-state index in [1.54, 1.807) is 0 Å². The third kappa shape index (κ3) is 3.21. The van der Waals surface area contributed by atoms with Crippen molar-refractivity contribution in [3.05, 3.63) is 65.0 Å². The number of rotatable bonds is 5. The van der Waals surface area contributed by atoms with Gasteiger partial charge in [0.25, 0.3) is 0 Å². The van der Waals surface area contributed by atoms with E-state index in [2.05, 4.69) is 60.5 Å². The SMILES string of the molecule is CCNC(c1ccc(C)nc1)c1ccccc1CC. The van der Waals surface area contributed by atoms with Crippen LogP contribution in [0.15, 0.2) is 42.6 Å². The Kier molecular flexibility index (Phi) is 4.69. The lowest BCUT2D eigenvalue weighted by Gasteiger charge is -2.21. The molecule has 19 heavy (non-hydrogen) atoms. The lowest BCUT2D eigenvalue weighted by Crippen LogP contribution is -2.23. The van der Waals surface area contributed by atoms with E-state index in [9.17, 15) is 0 Å². The van der Waals surface area contributed by atoms with Crippen LogP contribution >= 0.6 is 0 Å². The highest BCUT2D eigenvalue weighted by Crippen LogP contribution is 2.25. The van der Waals surface area contributed by atoms with Crippen LogP contribution in [0.25, 0.3) is 0 Å². The van der Waals surface area contributed by atoms with Crippen molar-refractivity contribution in [3.8, 4) is 0 Å². The molecule has 0 aliphatic rings. The molecule has 0 bridgehead atoms. The van der Waals surface area contributed by atoms with E-state index >= 15 is 0 Å². The van der Waals surface area contributed by atoms with Gasteiger partial charge in [-0.25, -0.2) is 0 Å². The third-order valence-corrected chi connectivity index (χ3v) is 3.42. The van der Waals surface area contributed by atoms with Gasteiger partial charge in [0.1, 0.15) is 0 Å². The predicted molar refractivity (Wildman–Crippen MR) is 80.3 cm³/mol. The lowest BCUT2D eigenvalue weighted by molar-refractivity contribution is 0.623. The van der Waals surface area contributed by atoms with Crippen LogP contribution in [0.2, 0.25) is 0 Å². The fourth-order valence-electron chi connectivity index (χ4n) is 2.40. The Labute approximate surface area is 115 Å². The number of hydrogen-bond donors (Lipinski definition) is 1. The number of aromatic nitrogens is 1. The fraction of sp³-hybridized carbons (Fsp3) is 0.353. The second-order valence-corrected chi connectivity index (χ2v) is 4.78. The molecule has 2 nitrogen and oxygen atoms in total. The zero-order chi connectivity index (χ0) is 13.7. The number of nitrogens with one attached hydrogen (secondary N) is 1. The Morgan fingerprint density at radius 3 is 2.53 bits per heavy atom. The zero-order valence-electron chi connectivity index (χ0n) is 12.0.